The van der Waals surface area contributed by atoms with Gasteiger partial charge in [-0.05, 0) is 23.5 Å². The SMILES string of the molecule is O=CC(CC1CCCC1)c1ccc(CS(=O)O)cc1. The van der Waals surface area contributed by atoms with Gasteiger partial charge in [0.05, 0.1) is 5.75 Å². The molecule has 104 valence electrons. The molecule has 0 heterocycles. The van der Waals surface area contributed by atoms with E-state index in [1.54, 1.807) is 0 Å². The van der Waals surface area contributed by atoms with Gasteiger partial charge in [0.2, 0.25) is 0 Å². The number of carbonyl (C=O) groups excluding carboxylic acids is 1. The lowest BCUT2D eigenvalue weighted by atomic mass is 9.89. The Labute approximate surface area is 116 Å². The first-order chi connectivity index (χ1) is 9.19. The highest BCUT2D eigenvalue weighted by Crippen LogP contribution is 2.33. The van der Waals surface area contributed by atoms with Crippen molar-refractivity contribution in [1.29, 1.82) is 0 Å². The predicted molar refractivity (Wildman–Crippen MR) is 76.3 cm³/mol. The van der Waals surface area contributed by atoms with Gasteiger partial charge in [0.1, 0.15) is 6.29 Å². The maximum absolute atomic E-state index is 11.3. The highest BCUT2D eigenvalue weighted by atomic mass is 32.2. The van der Waals surface area contributed by atoms with Crippen molar-refractivity contribution in [3.8, 4) is 0 Å². The van der Waals surface area contributed by atoms with Gasteiger partial charge in [-0.2, -0.15) is 0 Å². The lowest BCUT2D eigenvalue weighted by Crippen LogP contribution is -2.06. The molecule has 19 heavy (non-hydrogen) atoms. The molecule has 2 rings (SSSR count). The van der Waals surface area contributed by atoms with E-state index in [0.29, 0.717) is 5.92 Å². The van der Waals surface area contributed by atoms with Gasteiger partial charge >= 0.3 is 0 Å². The average Bonchev–Trinajstić information content (AvgIpc) is 2.89. The van der Waals surface area contributed by atoms with E-state index in [0.717, 1.165) is 23.8 Å². The number of hydrogen-bond acceptors (Lipinski definition) is 2. The van der Waals surface area contributed by atoms with Gasteiger partial charge in [-0.3, -0.25) is 0 Å². The van der Waals surface area contributed by atoms with Crippen molar-refractivity contribution < 1.29 is 13.6 Å². The lowest BCUT2D eigenvalue weighted by molar-refractivity contribution is -0.109. The van der Waals surface area contributed by atoms with Crippen LogP contribution in [0.2, 0.25) is 0 Å². The molecule has 0 aromatic heterocycles. The van der Waals surface area contributed by atoms with Crippen LogP contribution in [0.4, 0.5) is 0 Å². The molecule has 1 saturated carbocycles. The Hall–Kier alpha value is -1.00. The molecule has 1 fully saturated rings. The molecule has 1 N–H and O–H groups in total. The lowest BCUT2D eigenvalue weighted by Gasteiger charge is -2.15. The molecule has 4 heteroatoms. The molecule has 2 atom stereocenters. The number of aldehydes is 1. The van der Waals surface area contributed by atoms with Crippen LogP contribution < -0.4 is 0 Å². The Kier molecular flexibility index (Phi) is 5.28. The van der Waals surface area contributed by atoms with Gasteiger partial charge in [-0.15, -0.1) is 0 Å². The summed E-state index contributed by atoms with van der Waals surface area (Å²) in [6, 6.07) is 7.51. The summed E-state index contributed by atoms with van der Waals surface area (Å²) >= 11 is -1.81. The minimum atomic E-state index is -1.81. The summed E-state index contributed by atoms with van der Waals surface area (Å²) in [4.78, 5) is 11.3. The molecule has 0 aliphatic heterocycles. The highest BCUT2D eigenvalue weighted by molar-refractivity contribution is 7.78. The first-order valence-corrected chi connectivity index (χ1v) is 8.08. The van der Waals surface area contributed by atoms with Crippen LogP contribution in [-0.4, -0.2) is 15.0 Å². The summed E-state index contributed by atoms with van der Waals surface area (Å²) in [6.07, 6.45) is 7.04. The maximum Gasteiger partial charge on any atom is 0.157 e. The van der Waals surface area contributed by atoms with E-state index in [1.807, 2.05) is 24.3 Å². The second kappa shape index (κ2) is 6.96. The zero-order valence-electron chi connectivity index (χ0n) is 11.0. The first kappa shape index (κ1) is 14.4. The third-order valence-corrected chi connectivity index (χ3v) is 4.50. The zero-order valence-corrected chi connectivity index (χ0v) is 11.8. The monoisotopic (exact) mass is 280 g/mol. The standard InChI is InChI=1S/C15H20O3S/c16-10-15(9-12-3-1-2-4-12)14-7-5-13(6-8-14)11-19(17)18/h5-8,10,12,15H,1-4,9,11H2,(H,17,18). The van der Waals surface area contributed by atoms with Gasteiger partial charge in [0.15, 0.2) is 11.1 Å². The van der Waals surface area contributed by atoms with E-state index in [9.17, 15) is 9.00 Å². The van der Waals surface area contributed by atoms with Crippen molar-refractivity contribution in [2.45, 2.75) is 43.8 Å². The Balaban J connectivity index is 2.01. The third kappa shape index (κ3) is 4.25. The molecule has 1 aliphatic rings. The van der Waals surface area contributed by atoms with Gasteiger partial charge in [-0.1, -0.05) is 49.9 Å². The van der Waals surface area contributed by atoms with Gasteiger partial charge in [0.25, 0.3) is 0 Å². The quantitative estimate of drug-likeness (QED) is 0.642. The Morgan fingerprint density at radius 3 is 2.42 bits per heavy atom. The molecule has 1 aliphatic carbocycles. The summed E-state index contributed by atoms with van der Waals surface area (Å²) < 4.78 is 19.6. The molecular formula is C15H20O3S. The van der Waals surface area contributed by atoms with Gasteiger partial charge in [0, 0.05) is 5.92 Å². The second-order valence-electron chi connectivity index (χ2n) is 5.34. The summed E-state index contributed by atoms with van der Waals surface area (Å²) in [7, 11) is 0. The van der Waals surface area contributed by atoms with Crippen LogP contribution in [-0.2, 0) is 21.6 Å². The van der Waals surface area contributed by atoms with E-state index >= 15 is 0 Å². The molecule has 0 amide bonds. The van der Waals surface area contributed by atoms with E-state index in [4.69, 9.17) is 4.55 Å². The molecule has 0 bridgehead atoms. The Morgan fingerprint density at radius 1 is 1.26 bits per heavy atom. The number of rotatable bonds is 6. The van der Waals surface area contributed by atoms with Gasteiger partial charge in [-0.25, -0.2) is 4.21 Å². The normalized spacial score (nSPS) is 19.2. The molecule has 0 saturated heterocycles. The summed E-state index contributed by atoms with van der Waals surface area (Å²) in [6.45, 7) is 0. The minimum Gasteiger partial charge on any atom is -0.306 e. The first-order valence-electron chi connectivity index (χ1n) is 6.80. The van der Waals surface area contributed by atoms with Crippen molar-refractivity contribution in [3.05, 3.63) is 35.4 Å². The topological polar surface area (TPSA) is 54.4 Å². The van der Waals surface area contributed by atoms with Crippen LogP contribution in [0.25, 0.3) is 0 Å². The fraction of sp³-hybridized carbons (Fsp3) is 0.533. The van der Waals surface area contributed by atoms with Crippen molar-refractivity contribution in [1.82, 2.24) is 0 Å². The average molecular weight is 280 g/mol. The summed E-state index contributed by atoms with van der Waals surface area (Å²) in [5.41, 5.74) is 1.85. The Morgan fingerprint density at radius 2 is 1.89 bits per heavy atom. The smallest absolute Gasteiger partial charge is 0.157 e. The largest absolute Gasteiger partial charge is 0.306 e. The molecule has 3 nitrogen and oxygen atoms in total. The van der Waals surface area contributed by atoms with Gasteiger partial charge < -0.3 is 9.35 Å². The van der Waals surface area contributed by atoms with Crippen molar-refractivity contribution in [2.24, 2.45) is 5.92 Å². The molecule has 0 spiro atoms. The fourth-order valence-electron chi connectivity index (χ4n) is 2.88. The molecule has 2 unspecified atom stereocenters. The molecule has 0 radical (unpaired) electrons. The molecule has 1 aromatic carbocycles. The van der Waals surface area contributed by atoms with Crippen LogP contribution in [0.5, 0.6) is 0 Å². The van der Waals surface area contributed by atoms with Crippen molar-refractivity contribution >= 4 is 17.4 Å². The highest BCUT2D eigenvalue weighted by Gasteiger charge is 2.20. The third-order valence-electron chi connectivity index (χ3n) is 3.92. The molecular weight excluding hydrogens is 260 g/mol. The second-order valence-corrected chi connectivity index (χ2v) is 6.27. The minimum absolute atomic E-state index is 0.0308. The van der Waals surface area contributed by atoms with E-state index in [-0.39, 0.29) is 11.7 Å². The van der Waals surface area contributed by atoms with Crippen LogP contribution >= 0.6 is 0 Å². The number of hydrogen-bond donors (Lipinski definition) is 1. The van der Waals surface area contributed by atoms with Crippen LogP contribution in [0, 0.1) is 5.92 Å². The van der Waals surface area contributed by atoms with E-state index < -0.39 is 11.1 Å². The van der Waals surface area contributed by atoms with Crippen LogP contribution in [0.3, 0.4) is 0 Å². The maximum atomic E-state index is 11.3. The van der Waals surface area contributed by atoms with E-state index in [1.165, 1.54) is 25.7 Å². The number of benzene rings is 1. The Bertz CT molecular complexity index is 435. The van der Waals surface area contributed by atoms with Crippen molar-refractivity contribution in [3.63, 3.8) is 0 Å². The van der Waals surface area contributed by atoms with E-state index in [2.05, 4.69) is 0 Å². The summed E-state index contributed by atoms with van der Waals surface area (Å²) in [5, 5.41) is 0. The summed E-state index contributed by atoms with van der Waals surface area (Å²) in [5.74, 6) is 0.797. The van der Waals surface area contributed by atoms with Crippen LogP contribution in [0.15, 0.2) is 24.3 Å². The number of carbonyl (C=O) groups is 1. The zero-order chi connectivity index (χ0) is 13.7. The van der Waals surface area contributed by atoms with Crippen LogP contribution in [0.1, 0.15) is 49.1 Å². The fourth-order valence-corrected chi connectivity index (χ4v) is 3.36. The van der Waals surface area contributed by atoms with Crippen molar-refractivity contribution in [2.75, 3.05) is 0 Å². The molecule has 1 aromatic rings. The predicted octanol–water partition coefficient (Wildman–Crippen LogP) is 3.27.